The first-order chi connectivity index (χ1) is 20.8. The third-order valence-corrected chi connectivity index (χ3v) is 10.3. The first-order valence-corrected chi connectivity index (χ1v) is 16.9. The van der Waals surface area contributed by atoms with Gasteiger partial charge in [-0.2, -0.15) is 0 Å². The molecule has 0 atom stereocenters. The van der Waals surface area contributed by atoms with Gasteiger partial charge in [-0.3, -0.25) is 4.79 Å². The van der Waals surface area contributed by atoms with Crippen LogP contribution in [0.15, 0.2) is 46.8 Å². The van der Waals surface area contributed by atoms with Gasteiger partial charge < -0.3 is 25.2 Å². The minimum Gasteiger partial charge on any atom is -0.460 e. The molecule has 43 heavy (non-hydrogen) atoms. The van der Waals surface area contributed by atoms with Crippen molar-refractivity contribution in [3.63, 3.8) is 0 Å². The minimum absolute atomic E-state index is 0.225. The zero-order chi connectivity index (χ0) is 30.3. The number of carbonyl (C=O) groups excluding carboxylic acids is 2. The molecule has 3 heterocycles. The number of rotatable bonds is 11. The predicted molar refractivity (Wildman–Crippen MR) is 177 cm³/mol. The molecule has 8 nitrogen and oxygen atoms in total. The zero-order valence-corrected chi connectivity index (χ0v) is 27.3. The Hall–Kier alpha value is -2.89. The summed E-state index contributed by atoms with van der Waals surface area (Å²) in [6.07, 6.45) is 5.81. The molecule has 1 aliphatic carbocycles. The van der Waals surface area contributed by atoms with E-state index in [1.54, 1.807) is 10.9 Å². The number of benzene rings is 1. The van der Waals surface area contributed by atoms with Gasteiger partial charge in [-0.05, 0) is 114 Å². The standard InChI is InChI=1S/C33H43N5O3S2/c1-34-18-22-5-7-23(8-6-22)28-19-38(4)14-13-26(28)27-17-30(43-31(27)33(40)41-16-15-37(2)3)24-9-11-25(12-10-24)36-32(39)29-20-42-21-35-29/h9-12,17,20-23,34H,5-8,13-16,18-19H2,1-4H3,(H,36,39). The molecule has 0 bridgehead atoms. The lowest BCUT2D eigenvalue weighted by Gasteiger charge is -2.36. The number of nitrogens with one attached hydrogen (secondary N) is 2. The number of ether oxygens (including phenoxy) is 1. The highest BCUT2D eigenvalue weighted by molar-refractivity contribution is 7.17. The quantitative estimate of drug-likeness (QED) is 0.256. The van der Waals surface area contributed by atoms with Gasteiger partial charge >= 0.3 is 5.97 Å². The van der Waals surface area contributed by atoms with Crippen molar-refractivity contribution in [3.8, 4) is 10.4 Å². The molecule has 2 N–H and O–H groups in total. The molecule has 0 radical (unpaired) electrons. The number of thiazole rings is 1. The number of amides is 1. The van der Waals surface area contributed by atoms with Gasteiger partial charge in [0, 0.05) is 41.1 Å². The lowest BCUT2D eigenvalue weighted by molar-refractivity contribution is 0.0487. The third kappa shape index (κ3) is 7.99. The summed E-state index contributed by atoms with van der Waals surface area (Å²) >= 11 is 2.90. The summed E-state index contributed by atoms with van der Waals surface area (Å²) in [5, 5.41) is 8.00. The molecule has 1 aliphatic heterocycles. The molecule has 0 unspecified atom stereocenters. The maximum atomic E-state index is 13.6. The lowest BCUT2D eigenvalue weighted by Crippen LogP contribution is -2.33. The highest BCUT2D eigenvalue weighted by Crippen LogP contribution is 2.43. The molecule has 230 valence electrons. The average Bonchev–Trinajstić information content (AvgIpc) is 3.69. The summed E-state index contributed by atoms with van der Waals surface area (Å²) in [7, 11) is 8.20. The number of nitrogens with zero attached hydrogens (tertiary/aromatic N) is 3. The largest absolute Gasteiger partial charge is 0.460 e. The van der Waals surface area contributed by atoms with Crippen molar-refractivity contribution in [1.82, 2.24) is 20.1 Å². The van der Waals surface area contributed by atoms with Crippen LogP contribution in [-0.2, 0) is 4.74 Å². The maximum Gasteiger partial charge on any atom is 0.349 e. The minimum atomic E-state index is -0.247. The van der Waals surface area contributed by atoms with E-state index in [1.807, 2.05) is 50.3 Å². The van der Waals surface area contributed by atoms with E-state index in [0.717, 1.165) is 48.0 Å². The number of hydrogen-bond donors (Lipinski definition) is 2. The number of thiophene rings is 1. The summed E-state index contributed by atoms with van der Waals surface area (Å²) in [6, 6.07) is 10.0. The number of likely N-dealkylation sites (N-methyl/N-ethyl adjacent to an activating group) is 2. The van der Waals surface area contributed by atoms with Crippen molar-refractivity contribution in [2.24, 2.45) is 11.8 Å². The predicted octanol–water partition coefficient (Wildman–Crippen LogP) is 5.96. The van der Waals surface area contributed by atoms with E-state index in [-0.39, 0.29) is 11.9 Å². The highest BCUT2D eigenvalue weighted by Gasteiger charge is 2.31. The molecule has 1 saturated carbocycles. The molecule has 0 saturated heterocycles. The van der Waals surface area contributed by atoms with Crippen molar-refractivity contribution in [1.29, 1.82) is 0 Å². The molecule has 1 amide bonds. The van der Waals surface area contributed by atoms with Crippen molar-refractivity contribution in [3.05, 3.63) is 62.9 Å². The van der Waals surface area contributed by atoms with E-state index in [1.165, 1.54) is 59.5 Å². The topological polar surface area (TPSA) is 86.8 Å². The van der Waals surface area contributed by atoms with Crippen molar-refractivity contribution < 1.29 is 14.3 Å². The van der Waals surface area contributed by atoms with Gasteiger partial charge in [0.05, 0.1) is 5.51 Å². The van der Waals surface area contributed by atoms with Gasteiger partial charge in [0.15, 0.2) is 0 Å². The van der Waals surface area contributed by atoms with Crippen molar-refractivity contribution in [2.75, 3.05) is 66.3 Å². The molecule has 1 aromatic carbocycles. The Kier molecular flexibility index (Phi) is 10.8. The smallest absolute Gasteiger partial charge is 0.349 e. The third-order valence-electron chi connectivity index (χ3n) is 8.51. The van der Waals surface area contributed by atoms with Gasteiger partial charge in [0.2, 0.25) is 0 Å². The van der Waals surface area contributed by atoms with Gasteiger partial charge in [0.25, 0.3) is 5.91 Å². The second-order valence-corrected chi connectivity index (χ2v) is 13.7. The number of carbonyl (C=O) groups is 2. The fraction of sp³-hybridized carbons (Fsp3) is 0.485. The molecule has 5 rings (SSSR count). The van der Waals surface area contributed by atoms with E-state index in [4.69, 9.17) is 4.74 Å². The SMILES string of the molecule is CNCC1CCC(C2=C(c3cc(-c4ccc(NC(=O)c5cscn5)cc4)sc3C(=O)OCCN(C)C)CCN(C)C2)CC1. The summed E-state index contributed by atoms with van der Waals surface area (Å²) < 4.78 is 5.80. The van der Waals surface area contributed by atoms with E-state index < -0.39 is 0 Å². The number of aromatic nitrogens is 1. The van der Waals surface area contributed by atoms with Crippen LogP contribution in [0.25, 0.3) is 16.0 Å². The summed E-state index contributed by atoms with van der Waals surface area (Å²) in [6.45, 7) is 4.05. The number of hydrogen-bond acceptors (Lipinski definition) is 9. The highest BCUT2D eigenvalue weighted by atomic mass is 32.1. The Bertz CT molecular complexity index is 1410. The molecule has 1 fully saturated rings. The molecule has 3 aromatic rings. The zero-order valence-electron chi connectivity index (χ0n) is 25.7. The maximum absolute atomic E-state index is 13.6. The first kappa shape index (κ1) is 31.5. The van der Waals surface area contributed by atoms with Crippen LogP contribution >= 0.6 is 22.7 Å². The fourth-order valence-corrected chi connectivity index (χ4v) is 7.77. The Labute approximate surface area is 263 Å². The molecular formula is C33H43N5O3S2. The number of esters is 1. The molecule has 2 aromatic heterocycles. The Morgan fingerprint density at radius 2 is 1.91 bits per heavy atom. The van der Waals surface area contributed by atoms with Crippen LogP contribution in [-0.4, -0.2) is 87.6 Å². The van der Waals surface area contributed by atoms with Crippen LogP contribution in [0.5, 0.6) is 0 Å². The second kappa shape index (κ2) is 14.7. The van der Waals surface area contributed by atoms with Crippen LogP contribution in [0.3, 0.4) is 0 Å². The van der Waals surface area contributed by atoms with Gasteiger partial charge in [-0.25, -0.2) is 9.78 Å². The summed E-state index contributed by atoms with van der Waals surface area (Å²) in [4.78, 5) is 36.3. The van der Waals surface area contributed by atoms with E-state index >= 15 is 0 Å². The van der Waals surface area contributed by atoms with E-state index in [0.29, 0.717) is 35.3 Å². The van der Waals surface area contributed by atoms with Crippen LogP contribution < -0.4 is 10.6 Å². The fourth-order valence-electron chi connectivity index (χ4n) is 6.15. The molecule has 2 aliphatic rings. The molecule has 10 heteroatoms. The van der Waals surface area contributed by atoms with Gasteiger partial charge in [0.1, 0.15) is 17.2 Å². The molecule has 0 spiro atoms. The Balaban J connectivity index is 1.45. The second-order valence-electron chi connectivity index (χ2n) is 12.0. The Morgan fingerprint density at radius 1 is 1.14 bits per heavy atom. The van der Waals surface area contributed by atoms with Crippen molar-refractivity contribution in [2.45, 2.75) is 32.1 Å². The lowest BCUT2D eigenvalue weighted by atomic mass is 9.75. The Morgan fingerprint density at radius 3 is 2.58 bits per heavy atom. The summed E-state index contributed by atoms with van der Waals surface area (Å²) in [5.74, 6) is 0.823. The van der Waals surface area contributed by atoms with E-state index in [9.17, 15) is 9.59 Å². The average molecular weight is 622 g/mol. The van der Waals surface area contributed by atoms with Crippen LogP contribution in [0.4, 0.5) is 5.69 Å². The van der Waals surface area contributed by atoms with Crippen LogP contribution in [0, 0.1) is 11.8 Å². The van der Waals surface area contributed by atoms with Gasteiger partial charge in [-0.15, -0.1) is 22.7 Å². The van der Waals surface area contributed by atoms with Gasteiger partial charge in [-0.1, -0.05) is 12.1 Å². The monoisotopic (exact) mass is 621 g/mol. The molecular weight excluding hydrogens is 579 g/mol. The number of anilines is 1. The first-order valence-electron chi connectivity index (χ1n) is 15.1. The van der Waals surface area contributed by atoms with Crippen molar-refractivity contribution >= 4 is 45.8 Å². The van der Waals surface area contributed by atoms with Crippen LogP contribution in [0.1, 0.15) is 57.8 Å². The normalized spacial score (nSPS) is 19.6. The van der Waals surface area contributed by atoms with Crippen LogP contribution in [0.2, 0.25) is 0 Å². The summed E-state index contributed by atoms with van der Waals surface area (Å²) in [5.41, 5.74) is 7.65. The van der Waals surface area contributed by atoms with E-state index in [2.05, 4.69) is 33.6 Å².